The van der Waals surface area contributed by atoms with E-state index < -0.39 is 5.54 Å². The van der Waals surface area contributed by atoms with E-state index in [0.29, 0.717) is 18.1 Å². The van der Waals surface area contributed by atoms with Gasteiger partial charge in [0.25, 0.3) is 0 Å². The predicted molar refractivity (Wildman–Crippen MR) is 77.9 cm³/mol. The van der Waals surface area contributed by atoms with Crippen LogP contribution in [-0.4, -0.2) is 41.0 Å². The van der Waals surface area contributed by atoms with Gasteiger partial charge in [-0.15, -0.1) is 0 Å². The maximum Gasteiger partial charge on any atom is 0.237 e. The highest BCUT2D eigenvalue weighted by Gasteiger charge is 2.38. The summed E-state index contributed by atoms with van der Waals surface area (Å²) >= 11 is 0. The number of primary amides is 1. The van der Waals surface area contributed by atoms with E-state index in [-0.39, 0.29) is 5.91 Å². The summed E-state index contributed by atoms with van der Waals surface area (Å²) in [5.41, 5.74) is 5.07. The molecular formula is C15H29N3O. The van der Waals surface area contributed by atoms with Crippen LogP contribution >= 0.6 is 0 Å². The summed E-state index contributed by atoms with van der Waals surface area (Å²) in [7, 11) is 0. The molecule has 3 unspecified atom stereocenters. The van der Waals surface area contributed by atoms with Gasteiger partial charge in [-0.25, -0.2) is 0 Å². The van der Waals surface area contributed by atoms with Gasteiger partial charge >= 0.3 is 0 Å². The van der Waals surface area contributed by atoms with Crippen LogP contribution in [0.25, 0.3) is 0 Å². The molecule has 1 saturated carbocycles. The van der Waals surface area contributed by atoms with Crippen LogP contribution in [0.5, 0.6) is 0 Å². The lowest BCUT2D eigenvalue weighted by atomic mass is 9.95. The van der Waals surface area contributed by atoms with Crippen molar-refractivity contribution in [3.8, 4) is 0 Å². The fraction of sp³-hybridized carbons (Fsp3) is 0.933. The molecule has 1 aliphatic carbocycles. The number of nitrogens with one attached hydrogen (secondary N) is 1. The van der Waals surface area contributed by atoms with Gasteiger partial charge in [0, 0.05) is 24.7 Å². The van der Waals surface area contributed by atoms with Crippen molar-refractivity contribution in [2.75, 3.05) is 6.54 Å². The molecule has 3 N–H and O–H groups in total. The Hall–Kier alpha value is -0.610. The van der Waals surface area contributed by atoms with E-state index in [1.54, 1.807) is 0 Å². The van der Waals surface area contributed by atoms with Gasteiger partial charge < -0.3 is 11.1 Å². The molecule has 1 saturated heterocycles. The molecule has 2 aliphatic rings. The largest absolute Gasteiger partial charge is 0.368 e. The standard InChI is InChI=1S/C15H29N3O/c1-4-13-8-5-11(2)18(13)10-9-15(3,14(16)19)17-12-6-7-12/h11-13,17H,4-10H2,1-3H3,(H2,16,19). The number of rotatable bonds is 7. The van der Waals surface area contributed by atoms with Gasteiger partial charge in [-0.2, -0.15) is 0 Å². The first kappa shape index (κ1) is 14.8. The Labute approximate surface area is 117 Å². The van der Waals surface area contributed by atoms with E-state index in [2.05, 4.69) is 24.1 Å². The molecule has 0 spiro atoms. The number of nitrogens with two attached hydrogens (primary N) is 1. The summed E-state index contributed by atoms with van der Waals surface area (Å²) in [6.45, 7) is 7.49. The number of hydrogen-bond donors (Lipinski definition) is 2. The van der Waals surface area contributed by atoms with E-state index in [0.717, 1.165) is 13.0 Å². The average molecular weight is 267 g/mol. The summed E-state index contributed by atoms with van der Waals surface area (Å²) in [6, 6.07) is 1.84. The zero-order valence-electron chi connectivity index (χ0n) is 12.6. The summed E-state index contributed by atoms with van der Waals surface area (Å²) in [5, 5.41) is 3.44. The van der Waals surface area contributed by atoms with Crippen LogP contribution in [0.4, 0.5) is 0 Å². The van der Waals surface area contributed by atoms with E-state index in [1.807, 2.05) is 6.92 Å². The average Bonchev–Trinajstić information content (AvgIpc) is 3.09. The van der Waals surface area contributed by atoms with E-state index in [1.165, 1.54) is 32.1 Å². The third kappa shape index (κ3) is 3.48. The van der Waals surface area contributed by atoms with Crippen LogP contribution < -0.4 is 11.1 Å². The van der Waals surface area contributed by atoms with Crippen LogP contribution in [0.2, 0.25) is 0 Å². The Morgan fingerprint density at radius 2 is 2.05 bits per heavy atom. The molecule has 4 heteroatoms. The molecule has 2 rings (SSSR count). The molecule has 2 fully saturated rings. The van der Waals surface area contributed by atoms with Crippen molar-refractivity contribution in [3.63, 3.8) is 0 Å². The number of amides is 1. The normalized spacial score (nSPS) is 31.3. The smallest absolute Gasteiger partial charge is 0.237 e. The Kier molecular flexibility index (Phi) is 4.51. The van der Waals surface area contributed by atoms with E-state index >= 15 is 0 Å². The topological polar surface area (TPSA) is 58.4 Å². The summed E-state index contributed by atoms with van der Waals surface area (Å²) < 4.78 is 0. The van der Waals surface area contributed by atoms with Gasteiger partial charge in [0.1, 0.15) is 0 Å². The van der Waals surface area contributed by atoms with Crippen LogP contribution in [-0.2, 0) is 4.79 Å². The quantitative estimate of drug-likeness (QED) is 0.737. The number of carbonyl (C=O) groups is 1. The third-order valence-corrected chi connectivity index (χ3v) is 4.94. The fourth-order valence-corrected chi connectivity index (χ4v) is 3.26. The number of nitrogens with zero attached hydrogens (tertiary/aromatic N) is 1. The van der Waals surface area contributed by atoms with Crippen molar-refractivity contribution in [2.45, 2.75) is 83.0 Å². The van der Waals surface area contributed by atoms with Crippen molar-refractivity contribution in [1.82, 2.24) is 10.2 Å². The van der Waals surface area contributed by atoms with Gasteiger partial charge in [0.15, 0.2) is 0 Å². The second-order valence-corrected chi connectivity index (χ2v) is 6.59. The second-order valence-electron chi connectivity index (χ2n) is 6.59. The van der Waals surface area contributed by atoms with Gasteiger partial charge in [-0.05, 0) is 52.4 Å². The predicted octanol–water partition coefficient (Wildman–Crippen LogP) is 1.64. The van der Waals surface area contributed by atoms with Crippen molar-refractivity contribution < 1.29 is 4.79 Å². The lowest BCUT2D eigenvalue weighted by Crippen LogP contribution is -2.55. The second kappa shape index (κ2) is 5.80. The van der Waals surface area contributed by atoms with Crippen LogP contribution in [0.15, 0.2) is 0 Å². The lowest BCUT2D eigenvalue weighted by molar-refractivity contribution is -0.124. The SMILES string of the molecule is CCC1CCC(C)N1CCC(C)(NC1CC1)C(N)=O. The highest BCUT2D eigenvalue weighted by atomic mass is 16.1. The Balaban J connectivity index is 1.92. The molecule has 0 aromatic carbocycles. The molecule has 4 nitrogen and oxygen atoms in total. The van der Waals surface area contributed by atoms with E-state index in [9.17, 15) is 4.79 Å². The van der Waals surface area contributed by atoms with Gasteiger partial charge in [-0.3, -0.25) is 9.69 Å². The maximum atomic E-state index is 11.8. The highest BCUT2D eigenvalue weighted by molar-refractivity contribution is 5.84. The van der Waals surface area contributed by atoms with Crippen LogP contribution in [0.3, 0.4) is 0 Å². The molecule has 0 aromatic heterocycles. The number of likely N-dealkylation sites (tertiary alicyclic amines) is 1. The molecule has 19 heavy (non-hydrogen) atoms. The molecule has 1 amide bonds. The monoisotopic (exact) mass is 267 g/mol. The molecule has 0 aromatic rings. The maximum absolute atomic E-state index is 11.8. The van der Waals surface area contributed by atoms with Crippen LogP contribution in [0, 0.1) is 0 Å². The summed E-state index contributed by atoms with van der Waals surface area (Å²) in [5.74, 6) is -0.209. The lowest BCUT2D eigenvalue weighted by Gasteiger charge is -2.33. The molecule has 3 atom stereocenters. The zero-order chi connectivity index (χ0) is 14.0. The first-order chi connectivity index (χ1) is 8.96. The molecule has 1 heterocycles. The van der Waals surface area contributed by atoms with Crippen molar-refractivity contribution in [1.29, 1.82) is 0 Å². The van der Waals surface area contributed by atoms with Gasteiger partial charge in [0.2, 0.25) is 5.91 Å². The first-order valence-corrected chi connectivity index (χ1v) is 7.79. The van der Waals surface area contributed by atoms with Crippen molar-refractivity contribution in [3.05, 3.63) is 0 Å². The minimum absolute atomic E-state index is 0.209. The Morgan fingerprint density at radius 1 is 1.37 bits per heavy atom. The van der Waals surface area contributed by atoms with Crippen LogP contribution in [0.1, 0.15) is 59.3 Å². The van der Waals surface area contributed by atoms with E-state index in [4.69, 9.17) is 5.73 Å². The molecule has 1 aliphatic heterocycles. The summed E-state index contributed by atoms with van der Waals surface area (Å²) in [4.78, 5) is 14.3. The number of carbonyl (C=O) groups excluding carboxylic acids is 1. The Morgan fingerprint density at radius 3 is 2.58 bits per heavy atom. The first-order valence-electron chi connectivity index (χ1n) is 7.79. The third-order valence-electron chi connectivity index (χ3n) is 4.94. The van der Waals surface area contributed by atoms with Gasteiger partial charge in [0.05, 0.1) is 5.54 Å². The number of hydrogen-bond acceptors (Lipinski definition) is 3. The van der Waals surface area contributed by atoms with Crippen molar-refractivity contribution in [2.24, 2.45) is 5.73 Å². The summed E-state index contributed by atoms with van der Waals surface area (Å²) in [6.07, 6.45) is 6.96. The minimum atomic E-state index is -0.540. The molecule has 0 radical (unpaired) electrons. The minimum Gasteiger partial charge on any atom is -0.368 e. The highest BCUT2D eigenvalue weighted by Crippen LogP contribution is 2.28. The molecular weight excluding hydrogens is 238 g/mol. The Bertz CT molecular complexity index is 329. The molecule has 0 bridgehead atoms. The van der Waals surface area contributed by atoms with Gasteiger partial charge in [-0.1, -0.05) is 6.92 Å². The van der Waals surface area contributed by atoms with Crippen molar-refractivity contribution >= 4 is 5.91 Å². The fourth-order valence-electron chi connectivity index (χ4n) is 3.26. The zero-order valence-corrected chi connectivity index (χ0v) is 12.6. The molecule has 110 valence electrons.